The fraction of sp³-hybridized carbons (Fsp3) is 0.364. The maximum atomic E-state index is 10.9. The van der Waals surface area contributed by atoms with E-state index in [2.05, 4.69) is 0 Å². The Balaban J connectivity index is 2.42. The number of aldehydes is 1. The van der Waals surface area contributed by atoms with Gasteiger partial charge in [-0.05, 0) is 17.7 Å². The monoisotopic (exact) mass is 240 g/mol. The van der Waals surface area contributed by atoms with Crippen LogP contribution in [0.1, 0.15) is 22.0 Å². The molecule has 2 rings (SSSR count). The average molecular weight is 240 g/mol. The highest BCUT2D eigenvalue weighted by atomic mass is 16.7. The van der Waals surface area contributed by atoms with Crippen LogP contribution >= 0.6 is 0 Å². The van der Waals surface area contributed by atoms with E-state index in [-0.39, 0.29) is 17.9 Å². The van der Waals surface area contributed by atoms with Crippen molar-refractivity contribution in [3.63, 3.8) is 0 Å². The van der Waals surface area contributed by atoms with Crippen LogP contribution in [-0.4, -0.2) is 41.1 Å². The number of rotatable bonds is 4. The van der Waals surface area contributed by atoms with Crippen molar-refractivity contribution in [2.45, 2.75) is 12.2 Å². The van der Waals surface area contributed by atoms with Crippen LogP contribution in [0.15, 0.2) is 12.1 Å². The van der Waals surface area contributed by atoms with Crippen LogP contribution < -0.4 is 9.47 Å². The molecular weight excluding hydrogens is 228 g/mol. The smallest absolute Gasteiger partial charge is 0.231 e. The number of hydrogen-bond donors (Lipinski definition) is 3. The Hall–Kier alpha value is -1.63. The van der Waals surface area contributed by atoms with E-state index >= 15 is 0 Å². The minimum absolute atomic E-state index is 0.0513. The molecule has 92 valence electrons. The first-order valence-corrected chi connectivity index (χ1v) is 5.03. The Morgan fingerprint density at radius 2 is 1.94 bits per heavy atom. The van der Waals surface area contributed by atoms with E-state index in [0.717, 1.165) is 0 Å². The number of ether oxygens (including phenoxy) is 2. The number of benzene rings is 1. The summed E-state index contributed by atoms with van der Waals surface area (Å²) >= 11 is 0. The predicted molar refractivity (Wildman–Crippen MR) is 56.0 cm³/mol. The van der Waals surface area contributed by atoms with Crippen LogP contribution in [0.2, 0.25) is 0 Å². The molecule has 0 saturated heterocycles. The topological polar surface area (TPSA) is 96.2 Å². The average Bonchev–Trinajstić information content (AvgIpc) is 2.82. The summed E-state index contributed by atoms with van der Waals surface area (Å²) in [5.41, 5.74) is 0.389. The van der Waals surface area contributed by atoms with Gasteiger partial charge in [-0.15, -0.1) is 0 Å². The van der Waals surface area contributed by atoms with E-state index in [1.165, 1.54) is 12.1 Å². The molecule has 0 spiro atoms. The molecule has 0 amide bonds. The Kier molecular flexibility index (Phi) is 3.28. The molecule has 6 nitrogen and oxygen atoms in total. The summed E-state index contributed by atoms with van der Waals surface area (Å²) < 4.78 is 10.2. The quantitative estimate of drug-likeness (QED) is 0.620. The molecule has 2 atom stereocenters. The van der Waals surface area contributed by atoms with Crippen molar-refractivity contribution < 1.29 is 29.6 Å². The number of fused-ring (bicyclic) bond motifs is 1. The Labute approximate surface area is 97.0 Å². The van der Waals surface area contributed by atoms with Gasteiger partial charge in [0, 0.05) is 5.56 Å². The second-order valence-electron chi connectivity index (χ2n) is 3.65. The van der Waals surface area contributed by atoms with E-state index in [0.29, 0.717) is 17.8 Å². The lowest BCUT2D eigenvalue weighted by molar-refractivity contribution is -0.0155. The first-order chi connectivity index (χ1) is 8.17. The largest absolute Gasteiger partial charge is 0.454 e. The van der Waals surface area contributed by atoms with Gasteiger partial charge in [-0.2, -0.15) is 0 Å². The third kappa shape index (κ3) is 2.10. The molecule has 17 heavy (non-hydrogen) atoms. The molecule has 0 saturated carbocycles. The third-order valence-electron chi connectivity index (χ3n) is 2.58. The lowest BCUT2D eigenvalue weighted by Crippen LogP contribution is -2.23. The second-order valence-corrected chi connectivity index (χ2v) is 3.65. The van der Waals surface area contributed by atoms with Gasteiger partial charge >= 0.3 is 0 Å². The normalized spacial score (nSPS) is 16.6. The number of aliphatic hydroxyl groups excluding tert-OH is 3. The third-order valence-corrected chi connectivity index (χ3v) is 2.58. The SMILES string of the molecule is O=Cc1cc2c(cc1C(O)C(O)CO)OCO2. The number of aliphatic hydroxyl groups is 3. The van der Waals surface area contributed by atoms with Crippen molar-refractivity contribution in [2.75, 3.05) is 13.4 Å². The molecule has 0 aromatic heterocycles. The number of hydrogen-bond acceptors (Lipinski definition) is 6. The van der Waals surface area contributed by atoms with Crippen LogP contribution in [0.4, 0.5) is 0 Å². The minimum Gasteiger partial charge on any atom is -0.454 e. The summed E-state index contributed by atoms with van der Waals surface area (Å²) in [6.07, 6.45) is -2.16. The zero-order valence-corrected chi connectivity index (χ0v) is 8.87. The van der Waals surface area contributed by atoms with E-state index < -0.39 is 18.8 Å². The Morgan fingerprint density at radius 3 is 2.53 bits per heavy atom. The first-order valence-electron chi connectivity index (χ1n) is 5.03. The van der Waals surface area contributed by atoms with Crippen molar-refractivity contribution in [3.8, 4) is 11.5 Å². The maximum Gasteiger partial charge on any atom is 0.231 e. The van der Waals surface area contributed by atoms with Gasteiger partial charge in [0.15, 0.2) is 17.8 Å². The summed E-state index contributed by atoms with van der Waals surface area (Å²) in [6.45, 7) is -0.552. The van der Waals surface area contributed by atoms with Crippen molar-refractivity contribution in [1.82, 2.24) is 0 Å². The van der Waals surface area contributed by atoms with Crippen LogP contribution in [-0.2, 0) is 0 Å². The molecule has 6 heteroatoms. The van der Waals surface area contributed by atoms with Crippen LogP contribution in [0.25, 0.3) is 0 Å². The first kappa shape index (κ1) is 11.8. The maximum absolute atomic E-state index is 10.9. The number of carbonyl (C=O) groups is 1. The highest BCUT2D eigenvalue weighted by Crippen LogP contribution is 2.36. The van der Waals surface area contributed by atoms with E-state index in [1.54, 1.807) is 0 Å². The number of carbonyl (C=O) groups excluding carboxylic acids is 1. The second kappa shape index (κ2) is 4.70. The van der Waals surface area contributed by atoms with Gasteiger partial charge in [-0.1, -0.05) is 0 Å². The summed E-state index contributed by atoms with van der Waals surface area (Å²) in [4.78, 5) is 10.9. The van der Waals surface area contributed by atoms with Crippen molar-refractivity contribution in [2.24, 2.45) is 0 Å². The lowest BCUT2D eigenvalue weighted by atomic mass is 9.98. The molecule has 0 radical (unpaired) electrons. The van der Waals surface area contributed by atoms with Crippen molar-refractivity contribution in [1.29, 1.82) is 0 Å². The molecular formula is C11H12O6. The molecule has 0 bridgehead atoms. The fourth-order valence-electron chi connectivity index (χ4n) is 1.64. The van der Waals surface area contributed by atoms with Gasteiger partial charge in [-0.3, -0.25) is 4.79 Å². The van der Waals surface area contributed by atoms with Gasteiger partial charge in [0.1, 0.15) is 12.2 Å². The highest BCUT2D eigenvalue weighted by molar-refractivity contribution is 5.79. The molecule has 3 N–H and O–H groups in total. The molecule has 0 fully saturated rings. The van der Waals surface area contributed by atoms with Gasteiger partial charge < -0.3 is 24.8 Å². The predicted octanol–water partition coefficient (Wildman–Crippen LogP) is -0.386. The minimum atomic E-state index is -1.35. The lowest BCUT2D eigenvalue weighted by Gasteiger charge is -2.17. The van der Waals surface area contributed by atoms with Crippen LogP contribution in [0.5, 0.6) is 11.5 Å². The molecule has 2 unspecified atom stereocenters. The molecule has 1 heterocycles. The van der Waals surface area contributed by atoms with E-state index in [4.69, 9.17) is 14.6 Å². The zero-order chi connectivity index (χ0) is 12.4. The molecule has 0 aliphatic carbocycles. The standard InChI is InChI=1S/C11H12O6/c12-3-6-1-9-10(17-5-16-9)2-7(6)11(15)8(14)4-13/h1-3,8,11,13-15H,4-5H2. The van der Waals surface area contributed by atoms with E-state index in [1.807, 2.05) is 0 Å². The summed E-state index contributed by atoms with van der Waals surface area (Å²) in [7, 11) is 0. The summed E-state index contributed by atoms with van der Waals surface area (Å²) in [5.74, 6) is 0.816. The van der Waals surface area contributed by atoms with E-state index in [9.17, 15) is 15.0 Å². The van der Waals surface area contributed by atoms with Crippen LogP contribution in [0, 0.1) is 0 Å². The molecule has 1 aliphatic rings. The summed E-state index contributed by atoms with van der Waals surface area (Å²) in [5, 5.41) is 27.9. The van der Waals surface area contributed by atoms with Crippen molar-refractivity contribution in [3.05, 3.63) is 23.3 Å². The summed E-state index contributed by atoms with van der Waals surface area (Å²) in [6, 6.07) is 2.85. The Bertz CT molecular complexity index is 430. The Morgan fingerprint density at radius 1 is 1.29 bits per heavy atom. The van der Waals surface area contributed by atoms with Crippen LogP contribution in [0.3, 0.4) is 0 Å². The van der Waals surface area contributed by atoms with Gasteiger partial charge in [0.25, 0.3) is 0 Å². The highest BCUT2D eigenvalue weighted by Gasteiger charge is 2.24. The van der Waals surface area contributed by atoms with Gasteiger partial charge in [0.05, 0.1) is 6.61 Å². The fourth-order valence-corrected chi connectivity index (χ4v) is 1.64. The zero-order valence-electron chi connectivity index (χ0n) is 8.87. The van der Waals surface area contributed by atoms with Gasteiger partial charge in [0.2, 0.25) is 6.79 Å². The van der Waals surface area contributed by atoms with Gasteiger partial charge in [-0.25, -0.2) is 0 Å². The molecule has 1 aromatic rings. The molecule has 1 aromatic carbocycles. The van der Waals surface area contributed by atoms with Crippen molar-refractivity contribution >= 4 is 6.29 Å². The molecule has 1 aliphatic heterocycles.